The molecule has 1 aliphatic carbocycles. The molecule has 0 bridgehead atoms. The lowest BCUT2D eigenvalue weighted by atomic mass is 9.91. The molecule has 5 rings (SSSR count). The van der Waals surface area contributed by atoms with Crippen molar-refractivity contribution < 1.29 is 19.3 Å². The third-order valence-electron chi connectivity index (χ3n) is 6.41. The molecule has 9 heteroatoms. The molecule has 1 atom stereocenters. The van der Waals surface area contributed by atoms with Crippen LogP contribution in [0.2, 0.25) is 0 Å². The first-order valence-corrected chi connectivity index (χ1v) is 10.9. The van der Waals surface area contributed by atoms with Gasteiger partial charge in [-0.1, -0.05) is 18.2 Å². The Labute approximate surface area is 188 Å². The Morgan fingerprint density at radius 2 is 1.94 bits per heavy atom. The standard InChI is InChI=1S/C24H22N4O5/c29-22(25-14-7-9-17-16-4-1-2-5-20(16)26-21(17)12-14)6-3-11-27-23(30)18-10-8-15(28(32)33)13-19(18)24(27)31/h1-2,4-5,8,10,13-14,26H,3,6-7,9,11-12H2,(H,25,29). The summed E-state index contributed by atoms with van der Waals surface area (Å²) in [5.41, 5.74) is 3.55. The second-order valence-corrected chi connectivity index (χ2v) is 8.49. The van der Waals surface area contributed by atoms with Gasteiger partial charge < -0.3 is 10.3 Å². The molecule has 1 aliphatic heterocycles. The minimum Gasteiger partial charge on any atom is -0.358 e. The first kappa shape index (κ1) is 20.9. The van der Waals surface area contributed by atoms with Crippen molar-refractivity contribution >= 4 is 34.3 Å². The van der Waals surface area contributed by atoms with Crippen molar-refractivity contribution in [2.45, 2.75) is 38.1 Å². The number of non-ortho nitro benzene ring substituents is 1. The Kier molecular flexibility index (Phi) is 5.16. The van der Waals surface area contributed by atoms with Crippen molar-refractivity contribution in [3.8, 4) is 0 Å². The van der Waals surface area contributed by atoms with E-state index >= 15 is 0 Å². The molecule has 0 saturated heterocycles. The number of hydrogen-bond acceptors (Lipinski definition) is 5. The highest BCUT2D eigenvalue weighted by Crippen LogP contribution is 2.29. The van der Waals surface area contributed by atoms with Crippen LogP contribution in [0.5, 0.6) is 0 Å². The number of aromatic amines is 1. The number of nitro benzene ring substituents is 1. The first-order chi connectivity index (χ1) is 15.9. The number of nitro groups is 1. The van der Waals surface area contributed by atoms with E-state index in [1.54, 1.807) is 0 Å². The maximum Gasteiger partial charge on any atom is 0.270 e. The van der Waals surface area contributed by atoms with Crippen molar-refractivity contribution in [3.63, 3.8) is 0 Å². The number of imide groups is 1. The van der Waals surface area contributed by atoms with Gasteiger partial charge in [-0.2, -0.15) is 0 Å². The average Bonchev–Trinajstić information content (AvgIpc) is 3.28. The lowest BCUT2D eigenvalue weighted by molar-refractivity contribution is -0.384. The number of carbonyl (C=O) groups excluding carboxylic acids is 3. The van der Waals surface area contributed by atoms with Crippen LogP contribution in [-0.4, -0.2) is 45.1 Å². The van der Waals surface area contributed by atoms with Crippen LogP contribution >= 0.6 is 0 Å². The monoisotopic (exact) mass is 446 g/mol. The Morgan fingerprint density at radius 1 is 1.15 bits per heavy atom. The number of fused-ring (bicyclic) bond motifs is 4. The van der Waals surface area contributed by atoms with Gasteiger partial charge in [-0.3, -0.25) is 29.4 Å². The van der Waals surface area contributed by atoms with E-state index in [1.165, 1.54) is 23.1 Å². The van der Waals surface area contributed by atoms with Crippen LogP contribution in [0.25, 0.3) is 10.9 Å². The molecule has 1 aromatic heterocycles. The van der Waals surface area contributed by atoms with Crippen LogP contribution in [0.3, 0.4) is 0 Å². The van der Waals surface area contributed by atoms with E-state index in [-0.39, 0.29) is 41.7 Å². The summed E-state index contributed by atoms with van der Waals surface area (Å²) in [7, 11) is 0. The first-order valence-electron chi connectivity index (χ1n) is 10.9. The second kappa shape index (κ2) is 8.16. The number of hydrogen-bond donors (Lipinski definition) is 2. The number of amides is 3. The van der Waals surface area contributed by atoms with E-state index < -0.39 is 16.7 Å². The van der Waals surface area contributed by atoms with Crippen LogP contribution in [0.4, 0.5) is 5.69 Å². The number of nitrogens with one attached hydrogen (secondary N) is 2. The van der Waals surface area contributed by atoms with Gasteiger partial charge in [0.2, 0.25) is 5.91 Å². The van der Waals surface area contributed by atoms with E-state index in [1.807, 2.05) is 12.1 Å². The summed E-state index contributed by atoms with van der Waals surface area (Å²) in [5.74, 6) is -1.16. The Morgan fingerprint density at radius 3 is 2.76 bits per heavy atom. The van der Waals surface area contributed by atoms with Crippen LogP contribution in [-0.2, 0) is 17.6 Å². The molecular weight excluding hydrogens is 424 g/mol. The van der Waals surface area contributed by atoms with Gasteiger partial charge in [-0.05, 0) is 37.0 Å². The SMILES string of the molecule is O=C(CCCN1C(=O)c2ccc([N+](=O)[O-])cc2C1=O)NC1CCc2c([nH]c3ccccc23)C1. The van der Waals surface area contributed by atoms with Gasteiger partial charge in [-0.15, -0.1) is 0 Å². The third-order valence-corrected chi connectivity index (χ3v) is 6.41. The van der Waals surface area contributed by atoms with Crippen LogP contribution < -0.4 is 5.32 Å². The fraction of sp³-hybridized carbons (Fsp3) is 0.292. The van der Waals surface area contributed by atoms with E-state index in [9.17, 15) is 24.5 Å². The topological polar surface area (TPSA) is 125 Å². The maximum atomic E-state index is 12.5. The lowest BCUT2D eigenvalue weighted by Gasteiger charge is -2.23. The lowest BCUT2D eigenvalue weighted by Crippen LogP contribution is -2.39. The fourth-order valence-electron chi connectivity index (χ4n) is 4.80. The van der Waals surface area contributed by atoms with Crippen molar-refractivity contribution in [2.24, 2.45) is 0 Å². The zero-order chi connectivity index (χ0) is 23.1. The molecule has 0 fully saturated rings. The van der Waals surface area contributed by atoms with Crippen molar-refractivity contribution in [1.82, 2.24) is 15.2 Å². The van der Waals surface area contributed by atoms with Crippen molar-refractivity contribution in [1.29, 1.82) is 0 Å². The molecule has 3 aromatic rings. The van der Waals surface area contributed by atoms with Crippen LogP contribution in [0, 0.1) is 10.1 Å². The molecular formula is C24H22N4O5. The number of aromatic nitrogens is 1. The molecule has 0 spiro atoms. The van der Waals surface area contributed by atoms with Gasteiger partial charge >= 0.3 is 0 Å². The zero-order valence-electron chi connectivity index (χ0n) is 17.8. The molecule has 33 heavy (non-hydrogen) atoms. The van der Waals surface area contributed by atoms with E-state index in [4.69, 9.17) is 0 Å². The summed E-state index contributed by atoms with van der Waals surface area (Å²) < 4.78 is 0. The number of benzene rings is 2. The summed E-state index contributed by atoms with van der Waals surface area (Å²) >= 11 is 0. The second-order valence-electron chi connectivity index (χ2n) is 8.49. The number of carbonyl (C=O) groups is 3. The van der Waals surface area contributed by atoms with Gasteiger partial charge in [0.25, 0.3) is 17.5 Å². The molecule has 9 nitrogen and oxygen atoms in total. The quantitative estimate of drug-likeness (QED) is 0.342. The largest absolute Gasteiger partial charge is 0.358 e. The summed E-state index contributed by atoms with van der Waals surface area (Å²) in [6.07, 6.45) is 3.00. The number of aryl methyl sites for hydroxylation is 1. The minimum atomic E-state index is -0.602. The number of para-hydroxylation sites is 1. The van der Waals surface area contributed by atoms with Gasteiger partial charge in [0.1, 0.15) is 0 Å². The summed E-state index contributed by atoms with van der Waals surface area (Å²) in [6, 6.07) is 11.9. The summed E-state index contributed by atoms with van der Waals surface area (Å²) in [5, 5.41) is 15.3. The van der Waals surface area contributed by atoms with Crippen molar-refractivity contribution in [2.75, 3.05) is 6.54 Å². The smallest absolute Gasteiger partial charge is 0.270 e. The van der Waals surface area contributed by atoms with Gasteiger partial charge in [0.05, 0.1) is 16.1 Å². The Hall–Kier alpha value is -4.01. The van der Waals surface area contributed by atoms with E-state index in [0.29, 0.717) is 6.42 Å². The minimum absolute atomic E-state index is 0.0370. The normalized spacial score (nSPS) is 17.2. The number of rotatable bonds is 6. The van der Waals surface area contributed by atoms with Gasteiger partial charge in [0.15, 0.2) is 0 Å². The predicted molar refractivity (Wildman–Crippen MR) is 120 cm³/mol. The molecule has 2 aliphatic rings. The highest BCUT2D eigenvalue weighted by Gasteiger charge is 2.36. The average molecular weight is 446 g/mol. The highest BCUT2D eigenvalue weighted by atomic mass is 16.6. The molecule has 3 amide bonds. The Balaban J connectivity index is 1.15. The van der Waals surface area contributed by atoms with Gasteiger partial charge in [-0.25, -0.2) is 0 Å². The predicted octanol–water partition coefficient (Wildman–Crippen LogP) is 3.13. The zero-order valence-corrected chi connectivity index (χ0v) is 17.8. The molecule has 1 unspecified atom stereocenters. The number of nitrogens with zero attached hydrogens (tertiary/aromatic N) is 2. The molecule has 2 heterocycles. The molecule has 2 aromatic carbocycles. The molecule has 168 valence electrons. The number of H-pyrrole nitrogens is 1. The maximum absolute atomic E-state index is 12.5. The molecule has 2 N–H and O–H groups in total. The third kappa shape index (κ3) is 3.75. The summed E-state index contributed by atoms with van der Waals surface area (Å²) in [4.78, 5) is 52.4. The fourth-order valence-corrected chi connectivity index (χ4v) is 4.80. The molecule has 0 radical (unpaired) electrons. The van der Waals surface area contributed by atoms with Crippen molar-refractivity contribution in [3.05, 3.63) is 75.0 Å². The molecule has 0 saturated carbocycles. The summed E-state index contributed by atoms with van der Waals surface area (Å²) in [6.45, 7) is 0.0877. The highest BCUT2D eigenvalue weighted by molar-refractivity contribution is 6.21. The van der Waals surface area contributed by atoms with E-state index in [2.05, 4.69) is 22.4 Å². The van der Waals surface area contributed by atoms with E-state index in [0.717, 1.165) is 41.4 Å². The van der Waals surface area contributed by atoms with Crippen LogP contribution in [0.15, 0.2) is 42.5 Å². The van der Waals surface area contributed by atoms with Gasteiger partial charge in [0, 0.05) is 54.2 Å². The Bertz CT molecular complexity index is 1310. The van der Waals surface area contributed by atoms with Crippen LogP contribution in [0.1, 0.15) is 51.2 Å².